The Labute approximate surface area is 121 Å². The second kappa shape index (κ2) is 7.06. The highest BCUT2D eigenvalue weighted by molar-refractivity contribution is 6.34. The van der Waals surface area contributed by atoms with E-state index in [2.05, 4.69) is 5.32 Å². The number of halogens is 1. The molecule has 0 saturated carbocycles. The largest absolute Gasteiger partial charge is 0.397 e. The van der Waals surface area contributed by atoms with Crippen LogP contribution in [-0.2, 0) is 0 Å². The van der Waals surface area contributed by atoms with Crippen molar-refractivity contribution in [1.29, 1.82) is 0 Å². The van der Waals surface area contributed by atoms with E-state index in [4.69, 9.17) is 17.3 Å². The molecule has 0 bridgehead atoms. The maximum absolute atomic E-state index is 12.0. The molecule has 0 heterocycles. The molecule has 8 heteroatoms. The smallest absolute Gasteiger partial charge is 0.271 e. The van der Waals surface area contributed by atoms with Gasteiger partial charge >= 0.3 is 0 Å². The molecule has 0 radical (unpaired) electrons. The highest BCUT2D eigenvalue weighted by atomic mass is 35.5. The van der Waals surface area contributed by atoms with Crippen molar-refractivity contribution in [2.45, 2.75) is 6.92 Å². The molecular formula is C12H17ClN4O3. The van der Waals surface area contributed by atoms with Gasteiger partial charge in [-0.3, -0.25) is 14.9 Å². The summed E-state index contributed by atoms with van der Waals surface area (Å²) in [4.78, 5) is 24.1. The zero-order valence-electron chi connectivity index (χ0n) is 11.4. The molecule has 0 atom stereocenters. The van der Waals surface area contributed by atoms with E-state index >= 15 is 0 Å². The lowest BCUT2D eigenvalue weighted by Crippen LogP contribution is -2.33. The third-order valence-corrected chi connectivity index (χ3v) is 3.20. The van der Waals surface area contributed by atoms with Crippen LogP contribution in [-0.4, -0.2) is 42.4 Å². The third-order valence-electron chi connectivity index (χ3n) is 2.89. The van der Waals surface area contributed by atoms with Crippen LogP contribution in [0.2, 0.25) is 5.02 Å². The Hall–Kier alpha value is -1.86. The van der Waals surface area contributed by atoms with Gasteiger partial charge in [0.15, 0.2) is 0 Å². The van der Waals surface area contributed by atoms with Crippen molar-refractivity contribution in [2.24, 2.45) is 0 Å². The number of likely N-dealkylation sites (N-methyl/N-ethyl adjacent to an activating group) is 1. The number of nitrogens with one attached hydrogen (secondary N) is 1. The number of nitro benzene ring substituents is 1. The summed E-state index contributed by atoms with van der Waals surface area (Å²) >= 11 is 5.80. The van der Waals surface area contributed by atoms with Gasteiger partial charge in [0.2, 0.25) is 0 Å². The van der Waals surface area contributed by atoms with E-state index in [0.29, 0.717) is 13.1 Å². The van der Waals surface area contributed by atoms with Gasteiger partial charge in [-0.1, -0.05) is 18.5 Å². The predicted molar refractivity (Wildman–Crippen MR) is 78.0 cm³/mol. The Kier molecular flexibility index (Phi) is 5.72. The van der Waals surface area contributed by atoms with Crippen molar-refractivity contribution in [2.75, 3.05) is 32.4 Å². The fraction of sp³-hybridized carbons (Fsp3) is 0.417. The molecule has 3 N–H and O–H groups in total. The topological polar surface area (TPSA) is 102 Å². The SMILES string of the molecule is CCN(C)CCNC(=O)c1cc([N+](=O)[O-])cc(Cl)c1N. The first-order valence-electron chi connectivity index (χ1n) is 6.07. The monoisotopic (exact) mass is 300 g/mol. The number of carbonyl (C=O) groups is 1. The molecular weight excluding hydrogens is 284 g/mol. The molecule has 0 aliphatic rings. The summed E-state index contributed by atoms with van der Waals surface area (Å²) in [6.07, 6.45) is 0. The van der Waals surface area contributed by atoms with Crippen LogP contribution >= 0.6 is 11.6 Å². The highest BCUT2D eigenvalue weighted by Crippen LogP contribution is 2.28. The van der Waals surface area contributed by atoms with Gasteiger partial charge in [-0.05, 0) is 13.6 Å². The number of nitrogens with zero attached hydrogens (tertiary/aromatic N) is 2. The van der Waals surface area contributed by atoms with Crippen LogP contribution in [0.25, 0.3) is 0 Å². The Morgan fingerprint density at radius 2 is 2.20 bits per heavy atom. The number of carbonyl (C=O) groups excluding carboxylic acids is 1. The van der Waals surface area contributed by atoms with Gasteiger partial charge in [-0.15, -0.1) is 0 Å². The molecule has 0 aliphatic carbocycles. The number of rotatable bonds is 6. The Morgan fingerprint density at radius 1 is 1.55 bits per heavy atom. The Bertz CT molecular complexity index is 522. The van der Waals surface area contributed by atoms with Crippen LogP contribution in [0.15, 0.2) is 12.1 Å². The number of non-ortho nitro benzene ring substituents is 1. The standard InChI is InChI=1S/C12H17ClN4O3/c1-3-16(2)5-4-15-12(18)9-6-8(17(19)20)7-10(13)11(9)14/h6-7H,3-5,14H2,1-2H3,(H,15,18). The average Bonchev–Trinajstić information content (AvgIpc) is 2.40. The number of nitrogens with two attached hydrogens (primary N) is 1. The van der Waals surface area contributed by atoms with Gasteiger partial charge < -0.3 is 16.0 Å². The van der Waals surface area contributed by atoms with Crippen molar-refractivity contribution < 1.29 is 9.72 Å². The summed E-state index contributed by atoms with van der Waals surface area (Å²) in [5.74, 6) is -0.474. The lowest BCUT2D eigenvalue weighted by atomic mass is 10.1. The van der Waals surface area contributed by atoms with Crippen LogP contribution < -0.4 is 11.1 Å². The van der Waals surface area contributed by atoms with E-state index in [1.807, 2.05) is 18.9 Å². The molecule has 110 valence electrons. The van der Waals surface area contributed by atoms with E-state index in [0.717, 1.165) is 18.7 Å². The molecule has 7 nitrogen and oxygen atoms in total. The summed E-state index contributed by atoms with van der Waals surface area (Å²) in [6.45, 7) is 3.95. The molecule has 0 aliphatic heterocycles. The minimum absolute atomic E-state index is 0.00461. The van der Waals surface area contributed by atoms with Crippen LogP contribution in [0.5, 0.6) is 0 Å². The zero-order chi connectivity index (χ0) is 15.3. The van der Waals surface area contributed by atoms with Crippen molar-refractivity contribution in [3.05, 3.63) is 32.8 Å². The number of hydrogen-bond donors (Lipinski definition) is 2. The zero-order valence-corrected chi connectivity index (χ0v) is 12.1. The lowest BCUT2D eigenvalue weighted by Gasteiger charge is -2.14. The van der Waals surface area contributed by atoms with Crippen molar-refractivity contribution in [3.8, 4) is 0 Å². The van der Waals surface area contributed by atoms with E-state index in [-0.39, 0.29) is 22.0 Å². The van der Waals surface area contributed by atoms with Gasteiger partial charge in [0, 0.05) is 25.2 Å². The molecule has 20 heavy (non-hydrogen) atoms. The van der Waals surface area contributed by atoms with E-state index in [1.165, 1.54) is 0 Å². The molecule has 1 aromatic carbocycles. The molecule has 1 aromatic rings. The van der Waals surface area contributed by atoms with Crippen molar-refractivity contribution in [1.82, 2.24) is 10.2 Å². The summed E-state index contributed by atoms with van der Waals surface area (Å²) in [5, 5.41) is 13.4. The van der Waals surface area contributed by atoms with Crippen molar-refractivity contribution in [3.63, 3.8) is 0 Å². The average molecular weight is 301 g/mol. The van der Waals surface area contributed by atoms with E-state index in [1.54, 1.807) is 0 Å². The predicted octanol–water partition coefficient (Wildman–Crippen LogP) is 1.51. The van der Waals surface area contributed by atoms with Gasteiger partial charge in [-0.25, -0.2) is 0 Å². The minimum atomic E-state index is -0.618. The van der Waals surface area contributed by atoms with Crippen molar-refractivity contribution >= 4 is 28.9 Å². The van der Waals surface area contributed by atoms with E-state index < -0.39 is 10.8 Å². The summed E-state index contributed by atoms with van der Waals surface area (Å²) in [6, 6.07) is 2.25. The number of hydrogen-bond acceptors (Lipinski definition) is 5. The lowest BCUT2D eigenvalue weighted by molar-refractivity contribution is -0.384. The molecule has 0 saturated heterocycles. The van der Waals surface area contributed by atoms with E-state index in [9.17, 15) is 14.9 Å². The quantitative estimate of drug-likeness (QED) is 0.471. The first-order chi connectivity index (χ1) is 9.36. The maximum atomic E-state index is 12.0. The molecule has 0 aromatic heterocycles. The summed E-state index contributed by atoms with van der Waals surface area (Å²) in [7, 11) is 1.92. The number of amides is 1. The fourth-order valence-electron chi connectivity index (χ4n) is 1.51. The highest BCUT2D eigenvalue weighted by Gasteiger charge is 2.18. The van der Waals surface area contributed by atoms with Crippen LogP contribution in [0.1, 0.15) is 17.3 Å². The van der Waals surface area contributed by atoms with Gasteiger partial charge in [0.05, 0.1) is 21.2 Å². The summed E-state index contributed by atoms with van der Waals surface area (Å²) in [5.41, 5.74) is 5.48. The van der Waals surface area contributed by atoms with Crippen LogP contribution in [0.4, 0.5) is 11.4 Å². The molecule has 1 rings (SSSR count). The summed E-state index contributed by atoms with van der Waals surface area (Å²) < 4.78 is 0. The third kappa shape index (κ3) is 4.07. The number of nitrogen functional groups attached to an aromatic ring is 1. The minimum Gasteiger partial charge on any atom is -0.397 e. The van der Waals surface area contributed by atoms with Crippen LogP contribution in [0.3, 0.4) is 0 Å². The second-order valence-electron chi connectivity index (χ2n) is 4.30. The Morgan fingerprint density at radius 3 is 2.75 bits per heavy atom. The molecule has 1 amide bonds. The fourth-order valence-corrected chi connectivity index (χ4v) is 1.72. The first-order valence-corrected chi connectivity index (χ1v) is 6.44. The Balaban J connectivity index is 2.84. The second-order valence-corrected chi connectivity index (χ2v) is 4.70. The van der Waals surface area contributed by atoms with Gasteiger partial charge in [0.25, 0.3) is 11.6 Å². The van der Waals surface area contributed by atoms with Crippen LogP contribution in [0, 0.1) is 10.1 Å². The molecule has 0 unspecified atom stereocenters. The van der Waals surface area contributed by atoms with Gasteiger partial charge in [0.1, 0.15) is 0 Å². The first kappa shape index (κ1) is 16.2. The maximum Gasteiger partial charge on any atom is 0.271 e. The molecule has 0 spiro atoms. The normalized spacial score (nSPS) is 10.6. The number of nitro groups is 1. The number of anilines is 1. The number of benzene rings is 1. The molecule has 0 fully saturated rings. The van der Waals surface area contributed by atoms with Gasteiger partial charge in [-0.2, -0.15) is 0 Å².